The average molecular weight is 282 g/mol. The van der Waals surface area contributed by atoms with Crippen LogP contribution in [0.2, 0.25) is 0 Å². The van der Waals surface area contributed by atoms with Gasteiger partial charge in [0, 0.05) is 5.56 Å². The van der Waals surface area contributed by atoms with E-state index in [2.05, 4.69) is 0 Å². The van der Waals surface area contributed by atoms with Crippen molar-refractivity contribution >= 4 is 11.9 Å². The van der Waals surface area contributed by atoms with Crippen molar-refractivity contribution < 1.29 is 14.6 Å². The smallest absolute Gasteiger partial charge is 0.185 e. The van der Waals surface area contributed by atoms with Gasteiger partial charge in [-0.2, -0.15) is 0 Å². The van der Waals surface area contributed by atoms with Crippen molar-refractivity contribution in [2.45, 2.75) is 13.8 Å². The molecule has 0 aliphatic heterocycles. The van der Waals surface area contributed by atoms with Crippen molar-refractivity contribution in [2.75, 3.05) is 6.61 Å². The molecule has 0 atom stereocenters. The lowest BCUT2D eigenvalue weighted by Gasteiger charge is -2.06. The Balaban J connectivity index is 2.17. The number of hydrogen-bond donors (Lipinski definition) is 1. The minimum Gasteiger partial charge on any atom is -0.504 e. The Morgan fingerprint density at radius 3 is 2.76 bits per heavy atom. The van der Waals surface area contributed by atoms with Gasteiger partial charge in [-0.15, -0.1) is 0 Å². The number of aromatic hydroxyl groups is 1. The molecule has 0 aliphatic carbocycles. The lowest BCUT2D eigenvalue weighted by Crippen LogP contribution is -1.94. The summed E-state index contributed by atoms with van der Waals surface area (Å²) in [5.74, 6) is 0.464. The van der Waals surface area contributed by atoms with Gasteiger partial charge in [0.25, 0.3) is 0 Å². The number of carbonyl (C=O) groups is 1. The quantitative estimate of drug-likeness (QED) is 0.666. The van der Waals surface area contributed by atoms with Crippen LogP contribution in [0.15, 0.2) is 48.5 Å². The zero-order valence-corrected chi connectivity index (χ0v) is 12.2. The van der Waals surface area contributed by atoms with E-state index in [1.807, 2.05) is 32.0 Å². The van der Waals surface area contributed by atoms with Crippen LogP contribution >= 0.6 is 0 Å². The highest BCUT2D eigenvalue weighted by Crippen LogP contribution is 2.27. The predicted molar refractivity (Wildman–Crippen MR) is 83.8 cm³/mol. The molecule has 0 saturated carbocycles. The third kappa shape index (κ3) is 3.96. The number of ketones is 1. The van der Waals surface area contributed by atoms with E-state index >= 15 is 0 Å². The van der Waals surface area contributed by atoms with Gasteiger partial charge < -0.3 is 9.84 Å². The van der Waals surface area contributed by atoms with Gasteiger partial charge >= 0.3 is 0 Å². The second kappa shape index (κ2) is 6.75. The Labute approximate surface area is 124 Å². The van der Waals surface area contributed by atoms with Crippen LogP contribution in [0.4, 0.5) is 0 Å². The molecule has 0 fully saturated rings. The van der Waals surface area contributed by atoms with Gasteiger partial charge in [-0.3, -0.25) is 4.79 Å². The second-order valence-electron chi connectivity index (χ2n) is 4.73. The maximum atomic E-state index is 12.1. The number of ether oxygens (including phenoxy) is 1. The Morgan fingerprint density at radius 1 is 1.24 bits per heavy atom. The lowest BCUT2D eigenvalue weighted by molar-refractivity contribution is 0.104. The zero-order valence-electron chi connectivity index (χ0n) is 12.2. The van der Waals surface area contributed by atoms with Crippen LogP contribution in [-0.4, -0.2) is 17.5 Å². The largest absolute Gasteiger partial charge is 0.504 e. The highest BCUT2D eigenvalue weighted by atomic mass is 16.5. The minimum absolute atomic E-state index is 0.0512. The van der Waals surface area contributed by atoms with Crippen LogP contribution < -0.4 is 4.74 Å². The molecule has 3 nitrogen and oxygen atoms in total. The molecule has 0 spiro atoms. The van der Waals surface area contributed by atoms with E-state index in [-0.39, 0.29) is 11.5 Å². The van der Waals surface area contributed by atoms with Crippen molar-refractivity contribution in [3.05, 3.63) is 65.2 Å². The molecule has 0 heterocycles. The number of rotatable bonds is 5. The molecular weight excluding hydrogens is 264 g/mol. The minimum atomic E-state index is -0.0512. The van der Waals surface area contributed by atoms with E-state index < -0.39 is 0 Å². The lowest BCUT2D eigenvalue weighted by atomic mass is 10.1. The molecule has 0 saturated heterocycles. The number of aryl methyl sites for hydroxylation is 1. The first-order valence-electron chi connectivity index (χ1n) is 6.85. The third-order valence-corrected chi connectivity index (χ3v) is 3.01. The van der Waals surface area contributed by atoms with Crippen LogP contribution in [0.25, 0.3) is 6.08 Å². The van der Waals surface area contributed by atoms with Crippen LogP contribution in [-0.2, 0) is 0 Å². The van der Waals surface area contributed by atoms with Crippen LogP contribution in [0.1, 0.15) is 28.4 Å². The number of benzene rings is 2. The van der Waals surface area contributed by atoms with E-state index in [0.717, 1.165) is 11.1 Å². The van der Waals surface area contributed by atoms with Gasteiger partial charge in [-0.1, -0.05) is 35.9 Å². The zero-order chi connectivity index (χ0) is 15.2. The second-order valence-corrected chi connectivity index (χ2v) is 4.73. The molecule has 2 rings (SSSR count). The summed E-state index contributed by atoms with van der Waals surface area (Å²) in [7, 11) is 0. The fourth-order valence-corrected chi connectivity index (χ4v) is 1.97. The highest BCUT2D eigenvalue weighted by molar-refractivity contribution is 6.06. The van der Waals surface area contributed by atoms with Gasteiger partial charge in [-0.05, 0) is 43.7 Å². The number of phenols is 1. The molecule has 1 N–H and O–H groups in total. The number of carbonyl (C=O) groups excluding carboxylic acids is 1. The average Bonchev–Trinajstić information content (AvgIpc) is 2.48. The molecule has 0 radical (unpaired) electrons. The van der Waals surface area contributed by atoms with Crippen molar-refractivity contribution in [3.8, 4) is 11.5 Å². The topological polar surface area (TPSA) is 46.5 Å². The van der Waals surface area contributed by atoms with Gasteiger partial charge in [0.1, 0.15) is 0 Å². The molecule has 108 valence electrons. The molecule has 0 unspecified atom stereocenters. The summed E-state index contributed by atoms with van der Waals surface area (Å²) >= 11 is 0. The maximum absolute atomic E-state index is 12.1. The molecule has 2 aromatic carbocycles. The molecule has 0 aliphatic rings. The van der Waals surface area contributed by atoms with Gasteiger partial charge in [0.15, 0.2) is 17.3 Å². The number of phenolic OH excluding ortho intramolecular Hbond substituents is 1. The normalized spacial score (nSPS) is 10.8. The first-order valence-corrected chi connectivity index (χ1v) is 6.85. The van der Waals surface area contributed by atoms with Crippen LogP contribution in [0.5, 0.6) is 11.5 Å². The van der Waals surface area contributed by atoms with Gasteiger partial charge in [-0.25, -0.2) is 0 Å². The fourth-order valence-electron chi connectivity index (χ4n) is 1.97. The van der Waals surface area contributed by atoms with Crippen LogP contribution in [0, 0.1) is 6.92 Å². The summed E-state index contributed by atoms with van der Waals surface area (Å²) < 4.78 is 5.32. The molecule has 2 aromatic rings. The van der Waals surface area contributed by atoms with E-state index in [1.165, 1.54) is 6.08 Å². The summed E-state index contributed by atoms with van der Waals surface area (Å²) in [5, 5.41) is 9.64. The SMILES string of the molecule is CCOc1cc(/C=C/C(=O)c2cccc(C)c2)ccc1O. The van der Waals surface area contributed by atoms with E-state index in [0.29, 0.717) is 17.9 Å². The molecule has 0 aromatic heterocycles. The van der Waals surface area contributed by atoms with E-state index in [1.54, 1.807) is 30.3 Å². The summed E-state index contributed by atoms with van der Waals surface area (Å²) in [5.41, 5.74) is 2.52. The summed E-state index contributed by atoms with van der Waals surface area (Å²) in [6, 6.07) is 12.5. The highest BCUT2D eigenvalue weighted by Gasteiger charge is 2.04. The van der Waals surface area contributed by atoms with E-state index in [9.17, 15) is 9.90 Å². The Hall–Kier alpha value is -2.55. The van der Waals surface area contributed by atoms with E-state index in [4.69, 9.17) is 4.74 Å². The molecule has 0 amide bonds. The summed E-state index contributed by atoms with van der Waals surface area (Å²) in [6.45, 7) is 4.28. The monoisotopic (exact) mass is 282 g/mol. The Morgan fingerprint density at radius 2 is 2.05 bits per heavy atom. The first-order chi connectivity index (χ1) is 10.1. The van der Waals surface area contributed by atoms with Crippen molar-refractivity contribution in [2.24, 2.45) is 0 Å². The number of allylic oxidation sites excluding steroid dienone is 1. The Kier molecular flexibility index (Phi) is 4.77. The first kappa shape index (κ1) is 14.9. The number of hydrogen-bond acceptors (Lipinski definition) is 3. The van der Waals surface area contributed by atoms with Gasteiger partial charge in [0.2, 0.25) is 0 Å². The predicted octanol–water partition coefficient (Wildman–Crippen LogP) is 4.00. The standard InChI is InChI=1S/C18H18O3/c1-3-21-18-12-14(8-10-17(18)20)7-9-16(19)15-6-4-5-13(2)11-15/h4-12,20H,3H2,1-2H3/b9-7+. The fraction of sp³-hybridized carbons (Fsp3) is 0.167. The maximum Gasteiger partial charge on any atom is 0.185 e. The molecule has 21 heavy (non-hydrogen) atoms. The van der Waals surface area contributed by atoms with Crippen LogP contribution in [0.3, 0.4) is 0 Å². The molecular formula is C18H18O3. The van der Waals surface area contributed by atoms with Crippen molar-refractivity contribution in [1.29, 1.82) is 0 Å². The van der Waals surface area contributed by atoms with Crippen molar-refractivity contribution in [1.82, 2.24) is 0 Å². The summed E-state index contributed by atoms with van der Waals surface area (Å²) in [4.78, 5) is 12.1. The Bertz CT molecular complexity index is 672. The summed E-state index contributed by atoms with van der Waals surface area (Å²) in [6.07, 6.45) is 3.24. The van der Waals surface area contributed by atoms with Crippen molar-refractivity contribution in [3.63, 3.8) is 0 Å². The third-order valence-electron chi connectivity index (χ3n) is 3.01. The van der Waals surface area contributed by atoms with Gasteiger partial charge in [0.05, 0.1) is 6.61 Å². The molecule has 0 bridgehead atoms. The molecule has 3 heteroatoms.